The first-order valence-electron chi connectivity index (χ1n) is 4.32. The predicted molar refractivity (Wildman–Crippen MR) is 62.0 cm³/mol. The molecule has 0 saturated heterocycles. The van der Waals surface area contributed by atoms with E-state index in [0.717, 1.165) is 0 Å². The molecule has 0 heterocycles. The normalized spacial score (nSPS) is 11.2. The highest BCUT2D eigenvalue weighted by Crippen LogP contribution is 2.09. The van der Waals surface area contributed by atoms with Gasteiger partial charge in [0.2, 0.25) is 0 Å². The summed E-state index contributed by atoms with van der Waals surface area (Å²) in [5.74, 6) is 2.01. The molecule has 0 aliphatic heterocycles. The van der Waals surface area contributed by atoms with E-state index in [1.54, 1.807) is 0 Å². The Labute approximate surface area is 95.7 Å². The number of anilines is 1. The van der Waals surface area contributed by atoms with Crippen molar-refractivity contribution in [2.75, 3.05) is 11.3 Å². The van der Waals surface area contributed by atoms with Gasteiger partial charge in [-0.1, -0.05) is 5.92 Å². The van der Waals surface area contributed by atoms with Crippen molar-refractivity contribution in [1.29, 1.82) is 0 Å². The average Bonchev–Trinajstić information content (AvgIpc) is 2.26. The number of terminal acetylenes is 1. The highest BCUT2D eigenvalue weighted by Gasteiger charge is 2.03. The lowest BCUT2D eigenvalue weighted by Gasteiger charge is -2.03. The highest BCUT2D eigenvalue weighted by molar-refractivity contribution is 7.80. The molecule has 6 heteroatoms. The van der Waals surface area contributed by atoms with E-state index in [4.69, 9.17) is 11.0 Å². The Balaban J connectivity index is 2.67. The summed E-state index contributed by atoms with van der Waals surface area (Å²) in [6.45, 7) is 0.166. The summed E-state index contributed by atoms with van der Waals surface area (Å²) in [6, 6.07) is 6.11. The molecule has 5 nitrogen and oxygen atoms in total. The third-order valence-corrected chi connectivity index (χ3v) is 2.11. The summed E-state index contributed by atoms with van der Waals surface area (Å²) in [7, 11) is 0. The fourth-order valence-corrected chi connectivity index (χ4v) is 1.36. The second-order valence-electron chi connectivity index (χ2n) is 2.82. The van der Waals surface area contributed by atoms with Crippen LogP contribution in [0.4, 0.5) is 5.69 Å². The van der Waals surface area contributed by atoms with Crippen LogP contribution in [0.2, 0.25) is 0 Å². The van der Waals surface area contributed by atoms with E-state index in [0.29, 0.717) is 11.3 Å². The third kappa shape index (κ3) is 3.73. The summed E-state index contributed by atoms with van der Waals surface area (Å²) in [5.41, 5.74) is 0.888. The molecule has 0 saturated carbocycles. The van der Waals surface area contributed by atoms with Gasteiger partial charge in [-0.15, -0.1) is 6.42 Å². The molecule has 16 heavy (non-hydrogen) atoms. The van der Waals surface area contributed by atoms with Crippen LogP contribution in [0.25, 0.3) is 0 Å². The molecule has 0 radical (unpaired) electrons. The van der Waals surface area contributed by atoms with Crippen molar-refractivity contribution in [3.05, 3.63) is 29.8 Å². The number of carbonyl (C=O) groups is 1. The third-order valence-electron chi connectivity index (χ3n) is 1.70. The molecule has 1 rings (SSSR count). The van der Waals surface area contributed by atoms with E-state index in [9.17, 15) is 9.00 Å². The van der Waals surface area contributed by atoms with Crippen LogP contribution >= 0.6 is 0 Å². The molecule has 1 amide bonds. The van der Waals surface area contributed by atoms with Gasteiger partial charge in [-0.25, -0.2) is 4.21 Å². The second-order valence-corrected chi connectivity index (χ2v) is 3.52. The second kappa shape index (κ2) is 5.90. The molecule has 3 N–H and O–H groups in total. The van der Waals surface area contributed by atoms with Gasteiger partial charge in [-0.2, -0.15) is 0 Å². The molecule has 84 valence electrons. The Kier molecular flexibility index (Phi) is 4.51. The number of nitrogens with one attached hydrogen (secondary N) is 2. The minimum atomic E-state index is -2.12. The summed E-state index contributed by atoms with van der Waals surface area (Å²) >= 11 is -2.12. The van der Waals surface area contributed by atoms with E-state index >= 15 is 0 Å². The molecule has 0 aliphatic rings. The Morgan fingerprint density at radius 2 is 2.06 bits per heavy atom. The predicted octanol–water partition coefficient (Wildman–Crippen LogP) is 0.598. The van der Waals surface area contributed by atoms with Crippen LogP contribution in [-0.4, -0.2) is 21.2 Å². The molecule has 0 spiro atoms. The number of rotatable bonds is 4. The molecule has 1 atom stereocenters. The van der Waals surface area contributed by atoms with E-state index in [1.807, 2.05) is 0 Å². The van der Waals surface area contributed by atoms with Gasteiger partial charge in [0, 0.05) is 11.3 Å². The number of benzene rings is 1. The van der Waals surface area contributed by atoms with E-state index in [2.05, 4.69) is 16.0 Å². The number of carbonyl (C=O) groups excluding carboxylic acids is 1. The van der Waals surface area contributed by atoms with Crippen molar-refractivity contribution in [3.8, 4) is 12.3 Å². The molecule has 0 fully saturated rings. The Morgan fingerprint density at radius 3 is 2.56 bits per heavy atom. The minimum Gasteiger partial charge on any atom is -0.341 e. The summed E-state index contributed by atoms with van der Waals surface area (Å²) in [6.07, 6.45) is 5.00. The smallest absolute Gasteiger partial charge is 0.259 e. The van der Waals surface area contributed by atoms with Crippen LogP contribution in [0.5, 0.6) is 0 Å². The van der Waals surface area contributed by atoms with Crippen molar-refractivity contribution in [2.24, 2.45) is 0 Å². The monoisotopic (exact) mass is 238 g/mol. The molecule has 0 aromatic heterocycles. The first-order chi connectivity index (χ1) is 7.63. The quantitative estimate of drug-likeness (QED) is 0.531. The van der Waals surface area contributed by atoms with Crippen molar-refractivity contribution in [1.82, 2.24) is 5.32 Å². The maximum Gasteiger partial charge on any atom is 0.259 e. The van der Waals surface area contributed by atoms with Gasteiger partial charge in [-0.05, 0) is 24.3 Å². The zero-order valence-corrected chi connectivity index (χ0v) is 9.08. The van der Waals surface area contributed by atoms with Crippen LogP contribution < -0.4 is 10.0 Å². The highest BCUT2D eigenvalue weighted by atomic mass is 32.2. The lowest BCUT2D eigenvalue weighted by Crippen LogP contribution is -2.23. The standard InChI is InChI=1S/C10H10N2O3S/c1-2-7-11-10(13)8-3-5-9(6-4-8)12-16(14)15/h1,3-6,12H,7H2,(H,11,13)(H,14,15). The fraction of sp³-hybridized carbons (Fsp3) is 0.100. The lowest BCUT2D eigenvalue weighted by atomic mass is 10.2. The van der Waals surface area contributed by atoms with Gasteiger partial charge < -0.3 is 5.32 Å². The minimum absolute atomic E-state index is 0.166. The van der Waals surface area contributed by atoms with Gasteiger partial charge in [0.25, 0.3) is 17.2 Å². The summed E-state index contributed by atoms with van der Waals surface area (Å²) < 4.78 is 21.3. The number of hydrogen-bond donors (Lipinski definition) is 3. The zero-order chi connectivity index (χ0) is 12.0. The van der Waals surface area contributed by atoms with Crippen molar-refractivity contribution in [3.63, 3.8) is 0 Å². The van der Waals surface area contributed by atoms with Gasteiger partial charge in [0.05, 0.1) is 6.54 Å². The number of amides is 1. The van der Waals surface area contributed by atoms with Crippen LogP contribution in [0.1, 0.15) is 10.4 Å². The maximum absolute atomic E-state index is 11.4. The van der Waals surface area contributed by atoms with E-state index in [-0.39, 0.29) is 12.5 Å². The van der Waals surface area contributed by atoms with E-state index in [1.165, 1.54) is 24.3 Å². The van der Waals surface area contributed by atoms with Crippen molar-refractivity contribution < 1.29 is 13.6 Å². The van der Waals surface area contributed by atoms with Gasteiger partial charge in [-0.3, -0.25) is 14.1 Å². The summed E-state index contributed by atoms with van der Waals surface area (Å²) in [5, 5.41) is 2.50. The molecular formula is C10H10N2O3S. The van der Waals surface area contributed by atoms with Gasteiger partial charge in [0.15, 0.2) is 0 Å². The zero-order valence-electron chi connectivity index (χ0n) is 8.27. The fourth-order valence-electron chi connectivity index (χ4n) is 1.02. The Hall–Kier alpha value is -1.84. The first-order valence-corrected chi connectivity index (χ1v) is 5.43. The van der Waals surface area contributed by atoms with Crippen LogP contribution in [0, 0.1) is 12.3 Å². The molecule has 0 bridgehead atoms. The van der Waals surface area contributed by atoms with Crippen LogP contribution in [0.15, 0.2) is 24.3 Å². The molecule has 1 aromatic carbocycles. The molecule has 0 aliphatic carbocycles. The largest absolute Gasteiger partial charge is 0.341 e. The lowest BCUT2D eigenvalue weighted by molar-refractivity contribution is 0.0958. The maximum atomic E-state index is 11.4. The SMILES string of the molecule is C#CCNC(=O)c1ccc(NS(=O)O)cc1. The molecular weight excluding hydrogens is 228 g/mol. The van der Waals surface area contributed by atoms with Crippen LogP contribution in [0.3, 0.4) is 0 Å². The molecule has 1 aromatic rings. The Bertz CT molecular complexity index is 436. The van der Waals surface area contributed by atoms with Crippen LogP contribution in [-0.2, 0) is 11.3 Å². The Morgan fingerprint density at radius 1 is 1.44 bits per heavy atom. The van der Waals surface area contributed by atoms with Crippen molar-refractivity contribution >= 4 is 22.9 Å². The van der Waals surface area contributed by atoms with Gasteiger partial charge in [0.1, 0.15) is 0 Å². The molecule has 1 unspecified atom stereocenters. The first kappa shape index (κ1) is 12.2. The summed E-state index contributed by atoms with van der Waals surface area (Å²) in [4.78, 5) is 11.4. The van der Waals surface area contributed by atoms with Gasteiger partial charge >= 0.3 is 0 Å². The topological polar surface area (TPSA) is 78.4 Å². The average molecular weight is 238 g/mol. The number of hydrogen-bond acceptors (Lipinski definition) is 2. The van der Waals surface area contributed by atoms with Crippen molar-refractivity contribution in [2.45, 2.75) is 0 Å². The van der Waals surface area contributed by atoms with E-state index < -0.39 is 11.3 Å².